The first-order valence-electron chi connectivity index (χ1n) is 16.2. The molecule has 0 aliphatic carbocycles. The van der Waals surface area contributed by atoms with E-state index in [1.54, 1.807) is 78.9 Å². The molecule has 6 rings (SSSR count). The standard InChI is InChI=1S/C39H35N5O8/c1-52-33-19-24(10-11-25(33)20-40-22-32(46)29-12-14-31(45)35-30(29)13-15-34(47)44-35)37(48)42-21-28-16-17-41-36(43-28)23-6-5-9-27(18-23)39(51,38(49)50)26-7-3-2-4-8-26/h2-19,32,40,45-46,51H,20-22H2,1H3,(H,42,48)(H,44,47)(H,49,50). The van der Waals surface area contributed by atoms with Crippen LogP contribution in [0.25, 0.3) is 22.3 Å². The summed E-state index contributed by atoms with van der Waals surface area (Å²) in [4.78, 5) is 48.6. The lowest BCUT2D eigenvalue weighted by molar-refractivity contribution is -0.155. The predicted molar refractivity (Wildman–Crippen MR) is 192 cm³/mol. The van der Waals surface area contributed by atoms with Crippen LogP contribution in [0.4, 0.5) is 0 Å². The number of aliphatic hydroxyl groups excluding tert-OH is 1. The number of aliphatic hydroxyl groups is 2. The molecule has 6 aromatic rings. The number of methoxy groups -OCH3 is 1. The molecular weight excluding hydrogens is 666 g/mol. The van der Waals surface area contributed by atoms with Crippen molar-refractivity contribution in [2.75, 3.05) is 13.7 Å². The Balaban J connectivity index is 1.09. The van der Waals surface area contributed by atoms with Gasteiger partial charge in [0.05, 0.1) is 31.0 Å². The minimum absolute atomic E-state index is 0.0699. The molecule has 0 aliphatic heterocycles. The van der Waals surface area contributed by atoms with Crippen LogP contribution in [-0.2, 0) is 23.5 Å². The van der Waals surface area contributed by atoms with Gasteiger partial charge in [0.2, 0.25) is 11.2 Å². The SMILES string of the molecule is COc1cc(C(=O)NCc2ccnc(-c3cccc(C(O)(C(=O)O)c4ccccc4)c3)n2)ccc1CNCC(O)c1ccc(O)c2[nH]c(=O)ccc12. The van der Waals surface area contributed by atoms with E-state index in [4.69, 9.17) is 4.74 Å². The number of aromatic hydroxyl groups is 1. The van der Waals surface area contributed by atoms with Crippen LogP contribution >= 0.6 is 0 Å². The van der Waals surface area contributed by atoms with Gasteiger partial charge < -0.3 is 40.8 Å². The molecule has 1 amide bonds. The number of aromatic nitrogens is 3. The number of carbonyl (C=O) groups excluding carboxylic acids is 1. The fraction of sp³-hybridized carbons (Fsp3) is 0.154. The highest BCUT2D eigenvalue weighted by Crippen LogP contribution is 2.32. The Kier molecular flexibility index (Phi) is 10.4. The summed E-state index contributed by atoms with van der Waals surface area (Å²) in [6.45, 7) is 0.540. The fourth-order valence-corrected chi connectivity index (χ4v) is 5.92. The van der Waals surface area contributed by atoms with E-state index in [-0.39, 0.29) is 52.8 Å². The fourth-order valence-electron chi connectivity index (χ4n) is 5.92. The van der Waals surface area contributed by atoms with E-state index in [9.17, 15) is 34.8 Å². The number of pyridine rings is 1. The topological polar surface area (TPSA) is 207 Å². The minimum Gasteiger partial charge on any atom is -0.506 e. The number of H-pyrrole nitrogens is 1. The Hall–Kier alpha value is -6.41. The second kappa shape index (κ2) is 15.2. The molecule has 264 valence electrons. The van der Waals surface area contributed by atoms with Gasteiger partial charge in [-0.1, -0.05) is 60.7 Å². The number of aromatic amines is 1. The van der Waals surface area contributed by atoms with Crippen LogP contribution in [0.5, 0.6) is 11.5 Å². The van der Waals surface area contributed by atoms with E-state index in [2.05, 4.69) is 25.6 Å². The molecule has 52 heavy (non-hydrogen) atoms. The Bertz CT molecular complexity index is 2310. The zero-order chi connectivity index (χ0) is 36.8. The molecule has 13 heteroatoms. The van der Waals surface area contributed by atoms with Crippen molar-refractivity contribution in [3.63, 3.8) is 0 Å². The number of benzene rings is 4. The maximum absolute atomic E-state index is 13.1. The molecule has 0 saturated carbocycles. The highest BCUT2D eigenvalue weighted by molar-refractivity contribution is 5.94. The van der Waals surface area contributed by atoms with Gasteiger partial charge in [0.1, 0.15) is 11.5 Å². The highest BCUT2D eigenvalue weighted by atomic mass is 16.5. The first kappa shape index (κ1) is 35.4. The van der Waals surface area contributed by atoms with Gasteiger partial charge in [-0.25, -0.2) is 14.8 Å². The molecule has 0 fully saturated rings. The van der Waals surface area contributed by atoms with Gasteiger partial charge >= 0.3 is 5.97 Å². The Morgan fingerprint density at radius 1 is 0.923 bits per heavy atom. The summed E-state index contributed by atoms with van der Waals surface area (Å²) < 4.78 is 5.55. The number of rotatable bonds is 13. The number of aliphatic carboxylic acids is 1. The summed E-state index contributed by atoms with van der Waals surface area (Å²) in [5.41, 5.74) is 0.553. The van der Waals surface area contributed by atoms with Gasteiger partial charge in [-0.2, -0.15) is 0 Å². The molecule has 2 aromatic heterocycles. The van der Waals surface area contributed by atoms with Crippen molar-refractivity contribution < 1.29 is 34.8 Å². The quantitative estimate of drug-likeness (QED) is 0.0923. The van der Waals surface area contributed by atoms with Gasteiger partial charge in [-0.3, -0.25) is 9.59 Å². The first-order chi connectivity index (χ1) is 25.1. The van der Waals surface area contributed by atoms with Crippen LogP contribution in [0.3, 0.4) is 0 Å². The summed E-state index contributed by atoms with van der Waals surface area (Å²) in [6.07, 6.45) is 0.586. The molecule has 2 heterocycles. The van der Waals surface area contributed by atoms with Crippen molar-refractivity contribution in [3.05, 3.63) is 153 Å². The number of fused-ring (bicyclic) bond motifs is 1. The van der Waals surface area contributed by atoms with Crippen molar-refractivity contribution in [2.45, 2.75) is 24.8 Å². The molecule has 0 aliphatic rings. The summed E-state index contributed by atoms with van der Waals surface area (Å²) >= 11 is 0. The zero-order valence-corrected chi connectivity index (χ0v) is 27.9. The number of phenols is 1. The number of hydrogen-bond acceptors (Lipinski definition) is 10. The largest absolute Gasteiger partial charge is 0.506 e. The van der Waals surface area contributed by atoms with Crippen LogP contribution in [0.2, 0.25) is 0 Å². The lowest BCUT2D eigenvalue weighted by atomic mass is 9.85. The number of phenolic OH excluding ortho intramolecular Hbond substituents is 1. The normalized spacial score (nSPS) is 12.9. The number of nitrogens with one attached hydrogen (secondary N) is 3. The summed E-state index contributed by atoms with van der Waals surface area (Å²) in [5.74, 6) is -1.14. The van der Waals surface area contributed by atoms with Gasteiger partial charge in [0, 0.05) is 53.0 Å². The maximum atomic E-state index is 13.1. The predicted octanol–water partition coefficient (Wildman–Crippen LogP) is 3.77. The average Bonchev–Trinajstić information content (AvgIpc) is 3.17. The van der Waals surface area contributed by atoms with Gasteiger partial charge in [0.15, 0.2) is 5.82 Å². The highest BCUT2D eigenvalue weighted by Gasteiger charge is 2.40. The summed E-state index contributed by atoms with van der Waals surface area (Å²) in [5, 5.41) is 48.9. The molecular formula is C39H35N5O8. The Morgan fingerprint density at radius 2 is 1.71 bits per heavy atom. The molecule has 0 saturated heterocycles. The minimum atomic E-state index is -2.29. The molecule has 13 nitrogen and oxygen atoms in total. The Morgan fingerprint density at radius 3 is 2.48 bits per heavy atom. The van der Waals surface area contributed by atoms with Gasteiger partial charge in [-0.15, -0.1) is 0 Å². The van der Waals surface area contributed by atoms with Crippen molar-refractivity contribution in [3.8, 4) is 22.9 Å². The maximum Gasteiger partial charge on any atom is 0.345 e. The van der Waals surface area contributed by atoms with E-state index >= 15 is 0 Å². The van der Waals surface area contributed by atoms with Crippen LogP contribution in [0, 0.1) is 0 Å². The number of hydrogen-bond donors (Lipinski definition) is 7. The van der Waals surface area contributed by atoms with Crippen LogP contribution in [0.15, 0.2) is 114 Å². The van der Waals surface area contributed by atoms with E-state index in [1.165, 1.54) is 37.6 Å². The molecule has 4 aromatic carbocycles. The van der Waals surface area contributed by atoms with Crippen molar-refractivity contribution in [2.24, 2.45) is 0 Å². The van der Waals surface area contributed by atoms with E-state index in [0.717, 1.165) is 5.56 Å². The van der Waals surface area contributed by atoms with Crippen LogP contribution < -0.4 is 20.9 Å². The summed E-state index contributed by atoms with van der Waals surface area (Å²) in [6, 6.07) is 27.1. The first-order valence-corrected chi connectivity index (χ1v) is 16.2. The lowest BCUT2D eigenvalue weighted by Crippen LogP contribution is -2.36. The number of carboxylic acid groups (broad SMARTS) is 1. The van der Waals surface area contributed by atoms with E-state index in [1.807, 2.05) is 0 Å². The number of ether oxygens (including phenoxy) is 1. The second-order valence-corrected chi connectivity index (χ2v) is 12.0. The van der Waals surface area contributed by atoms with Crippen molar-refractivity contribution >= 4 is 22.8 Å². The molecule has 2 atom stereocenters. The number of amides is 1. The lowest BCUT2D eigenvalue weighted by Gasteiger charge is -2.25. The van der Waals surface area contributed by atoms with Crippen molar-refractivity contribution in [1.29, 1.82) is 0 Å². The molecule has 0 bridgehead atoms. The van der Waals surface area contributed by atoms with Crippen molar-refractivity contribution in [1.82, 2.24) is 25.6 Å². The Labute approximate surface area is 297 Å². The number of nitrogens with zero attached hydrogens (tertiary/aromatic N) is 2. The number of carbonyl (C=O) groups is 2. The number of carboxylic acids is 1. The van der Waals surface area contributed by atoms with E-state index in [0.29, 0.717) is 40.1 Å². The smallest absolute Gasteiger partial charge is 0.345 e. The van der Waals surface area contributed by atoms with Crippen LogP contribution in [0.1, 0.15) is 44.4 Å². The van der Waals surface area contributed by atoms with Gasteiger partial charge in [0.25, 0.3) is 5.91 Å². The monoisotopic (exact) mass is 701 g/mol. The molecule has 0 radical (unpaired) electrons. The third kappa shape index (κ3) is 7.37. The van der Waals surface area contributed by atoms with E-state index < -0.39 is 17.7 Å². The zero-order valence-electron chi connectivity index (χ0n) is 27.9. The summed E-state index contributed by atoms with van der Waals surface area (Å²) in [7, 11) is 1.49. The third-order valence-electron chi connectivity index (χ3n) is 8.65. The molecule has 2 unspecified atom stereocenters. The molecule has 0 spiro atoms. The average molecular weight is 702 g/mol. The van der Waals surface area contributed by atoms with Gasteiger partial charge in [-0.05, 0) is 47.5 Å². The van der Waals surface area contributed by atoms with Crippen LogP contribution in [-0.4, -0.2) is 60.9 Å². The third-order valence-corrected chi connectivity index (χ3v) is 8.65. The second-order valence-electron chi connectivity index (χ2n) is 12.0. The molecule has 7 N–H and O–H groups in total.